The number of carbonyl (C=O) groups is 2. The van der Waals surface area contributed by atoms with E-state index in [9.17, 15) is 14.7 Å². The first-order chi connectivity index (χ1) is 8.68. The second-order valence-electron chi connectivity index (χ2n) is 3.44. The minimum Gasteiger partial charge on any atom is -0.507 e. The molecule has 18 heavy (non-hydrogen) atoms. The predicted octanol–water partition coefficient (Wildman–Crippen LogP) is 1.06. The number of phenols is 1. The topological polar surface area (TPSA) is 91.6 Å². The summed E-state index contributed by atoms with van der Waals surface area (Å²) < 4.78 is 4.73. The molecule has 2 aromatic rings. The predicted molar refractivity (Wildman–Crippen MR) is 61.7 cm³/mol. The van der Waals surface area contributed by atoms with Crippen LogP contribution < -0.4 is 10.9 Å². The number of para-hydroxylation sites is 1. The van der Waals surface area contributed by atoms with Crippen molar-refractivity contribution in [3.8, 4) is 5.75 Å². The van der Waals surface area contributed by atoms with Crippen molar-refractivity contribution < 1.29 is 19.1 Å². The zero-order chi connectivity index (χ0) is 13.0. The molecular weight excluding hydrogens is 236 g/mol. The number of nitrogens with one attached hydrogen (secondary N) is 2. The van der Waals surface area contributed by atoms with E-state index in [2.05, 4.69) is 10.9 Å². The normalized spacial score (nSPS) is 9.78. The van der Waals surface area contributed by atoms with E-state index in [-0.39, 0.29) is 16.9 Å². The summed E-state index contributed by atoms with van der Waals surface area (Å²) in [7, 11) is 0. The van der Waals surface area contributed by atoms with Crippen LogP contribution in [0.4, 0.5) is 0 Å². The van der Waals surface area contributed by atoms with Crippen LogP contribution in [0.3, 0.4) is 0 Å². The molecule has 2 amide bonds. The molecule has 3 N–H and O–H groups in total. The van der Waals surface area contributed by atoms with Gasteiger partial charge >= 0.3 is 0 Å². The first kappa shape index (κ1) is 11.7. The average molecular weight is 246 g/mol. The molecule has 1 heterocycles. The first-order valence-electron chi connectivity index (χ1n) is 5.09. The maximum absolute atomic E-state index is 11.6. The molecule has 2 rings (SSSR count). The molecule has 0 saturated heterocycles. The number of hydrazine groups is 1. The average Bonchev–Trinajstić information content (AvgIpc) is 2.90. The molecular formula is C12H10N2O4. The molecule has 0 saturated carbocycles. The Hall–Kier alpha value is -2.76. The summed E-state index contributed by atoms with van der Waals surface area (Å²) in [6.07, 6.45) is 2.60. The van der Waals surface area contributed by atoms with Crippen LogP contribution in [0, 0.1) is 0 Å². The van der Waals surface area contributed by atoms with Gasteiger partial charge in [0.1, 0.15) is 12.0 Å². The highest BCUT2D eigenvalue weighted by atomic mass is 16.3. The third-order valence-electron chi connectivity index (χ3n) is 2.22. The summed E-state index contributed by atoms with van der Waals surface area (Å²) >= 11 is 0. The number of rotatable bonds is 2. The van der Waals surface area contributed by atoms with E-state index in [1.165, 1.54) is 30.7 Å². The highest BCUT2D eigenvalue weighted by molar-refractivity contribution is 6.00. The molecule has 0 unspecified atom stereocenters. The largest absolute Gasteiger partial charge is 0.507 e. The zero-order valence-corrected chi connectivity index (χ0v) is 9.21. The van der Waals surface area contributed by atoms with Crippen molar-refractivity contribution in [2.45, 2.75) is 0 Å². The molecule has 0 spiro atoms. The molecule has 0 atom stereocenters. The van der Waals surface area contributed by atoms with Gasteiger partial charge in [-0.1, -0.05) is 12.1 Å². The second kappa shape index (κ2) is 5.05. The van der Waals surface area contributed by atoms with Crippen LogP contribution >= 0.6 is 0 Å². The fourth-order valence-electron chi connectivity index (χ4n) is 1.31. The van der Waals surface area contributed by atoms with Crippen LogP contribution in [-0.4, -0.2) is 16.9 Å². The Morgan fingerprint density at radius 1 is 1.06 bits per heavy atom. The van der Waals surface area contributed by atoms with E-state index in [4.69, 9.17) is 4.42 Å². The number of hydrogen-bond acceptors (Lipinski definition) is 4. The molecule has 92 valence electrons. The van der Waals surface area contributed by atoms with Crippen molar-refractivity contribution in [2.24, 2.45) is 0 Å². The van der Waals surface area contributed by atoms with Gasteiger partial charge in [0.2, 0.25) is 0 Å². The van der Waals surface area contributed by atoms with Gasteiger partial charge in [-0.05, 0) is 18.2 Å². The Balaban J connectivity index is 1.97. The van der Waals surface area contributed by atoms with Gasteiger partial charge in [0, 0.05) is 0 Å². The lowest BCUT2D eigenvalue weighted by atomic mass is 10.2. The van der Waals surface area contributed by atoms with Crippen molar-refractivity contribution in [1.82, 2.24) is 10.9 Å². The number of aromatic hydroxyl groups is 1. The van der Waals surface area contributed by atoms with E-state index in [0.717, 1.165) is 0 Å². The summed E-state index contributed by atoms with van der Waals surface area (Å²) in [6.45, 7) is 0. The van der Waals surface area contributed by atoms with Gasteiger partial charge in [0.15, 0.2) is 0 Å². The van der Waals surface area contributed by atoms with Gasteiger partial charge in [-0.15, -0.1) is 0 Å². The smallest absolute Gasteiger partial charge is 0.273 e. The maximum Gasteiger partial charge on any atom is 0.273 e. The Morgan fingerprint density at radius 3 is 2.44 bits per heavy atom. The third-order valence-corrected chi connectivity index (χ3v) is 2.22. The number of carbonyl (C=O) groups excluding carboxylic acids is 2. The van der Waals surface area contributed by atoms with E-state index in [1.54, 1.807) is 12.1 Å². The monoisotopic (exact) mass is 246 g/mol. The number of benzene rings is 1. The Kier molecular flexibility index (Phi) is 3.29. The van der Waals surface area contributed by atoms with E-state index in [0.29, 0.717) is 0 Å². The highest BCUT2D eigenvalue weighted by Gasteiger charge is 2.12. The summed E-state index contributed by atoms with van der Waals surface area (Å²) in [4.78, 5) is 23.1. The summed E-state index contributed by atoms with van der Waals surface area (Å²) in [6, 6.07) is 7.48. The minimum atomic E-state index is -0.607. The molecule has 1 aromatic heterocycles. The van der Waals surface area contributed by atoms with Crippen molar-refractivity contribution in [2.75, 3.05) is 0 Å². The molecule has 0 radical (unpaired) electrons. The fraction of sp³-hybridized carbons (Fsp3) is 0. The molecule has 0 aliphatic heterocycles. The molecule has 1 aromatic carbocycles. The van der Waals surface area contributed by atoms with Crippen LogP contribution in [0.15, 0.2) is 47.3 Å². The van der Waals surface area contributed by atoms with Crippen molar-refractivity contribution in [3.63, 3.8) is 0 Å². The van der Waals surface area contributed by atoms with E-state index in [1.807, 2.05) is 0 Å². The lowest BCUT2D eigenvalue weighted by molar-refractivity contribution is 0.0844. The van der Waals surface area contributed by atoms with Crippen LogP contribution in [-0.2, 0) is 0 Å². The lowest BCUT2D eigenvalue weighted by Gasteiger charge is -2.07. The third kappa shape index (κ3) is 2.49. The van der Waals surface area contributed by atoms with Crippen LogP contribution in [0.1, 0.15) is 20.7 Å². The lowest BCUT2D eigenvalue weighted by Crippen LogP contribution is -2.41. The van der Waals surface area contributed by atoms with Crippen molar-refractivity contribution in [1.29, 1.82) is 0 Å². The Labute approximate surface area is 102 Å². The standard InChI is InChI=1S/C12H10N2O4/c15-10-4-2-1-3-9(10)12(17)14-13-11(16)8-5-6-18-7-8/h1-7,15H,(H,13,16)(H,14,17). The number of amides is 2. The van der Waals surface area contributed by atoms with Crippen LogP contribution in [0.2, 0.25) is 0 Å². The Morgan fingerprint density at radius 2 is 1.78 bits per heavy atom. The van der Waals surface area contributed by atoms with Gasteiger partial charge in [-0.2, -0.15) is 0 Å². The quantitative estimate of drug-likeness (QED) is 0.691. The van der Waals surface area contributed by atoms with Crippen molar-refractivity contribution >= 4 is 11.8 Å². The number of hydrogen-bond donors (Lipinski definition) is 3. The fourth-order valence-corrected chi connectivity index (χ4v) is 1.31. The number of phenolic OH excluding ortho intramolecular Hbond substituents is 1. The van der Waals surface area contributed by atoms with Gasteiger partial charge in [0.25, 0.3) is 11.8 Å². The maximum atomic E-state index is 11.6. The molecule has 0 aliphatic rings. The zero-order valence-electron chi connectivity index (χ0n) is 9.21. The number of furan rings is 1. The first-order valence-corrected chi connectivity index (χ1v) is 5.09. The SMILES string of the molecule is O=C(NNC(=O)c1ccccc1O)c1ccoc1. The molecule has 6 nitrogen and oxygen atoms in total. The minimum absolute atomic E-state index is 0.0741. The second-order valence-corrected chi connectivity index (χ2v) is 3.44. The van der Waals surface area contributed by atoms with Crippen LogP contribution in [0.25, 0.3) is 0 Å². The highest BCUT2D eigenvalue weighted by Crippen LogP contribution is 2.14. The molecule has 6 heteroatoms. The Bertz CT molecular complexity index is 563. The molecule has 0 aliphatic carbocycles. The summed E-state index contributed by atoms with van der Waals surface area (Å²) in [5, 5.41) is 9.44. The van der Waals surface area contributed by atoms with Gasteiger partial charge in [-0.25, -0.2) is 0 Å². The molecule has 0 fully saturated rings. The summed E-state index contributed by atoms with van der Waals surface area (Å²) in [5.74, 6) is -1.27. The van der Waals surface area contributed by atoms with Gasteiger partial charge in [-0.3, -0.25) is 20.4 Å². The van der Waals surface area contributed by atoms with E-state index >= 15 is 0 Å². The summed E-state index contributed by atoms with van der Waals surface area (Å²) in [5.41, 5.74) is 4.75. The van der Waals surface area contributed by atoms with E-state index < -0.39 is 11.8 Å². The van der Waals surface area contributed by atoms with Gasteiger partial charge < -0.3 is 9.52 Å². The van der Waals surface area contributed by atoms with Crippen LogP contribution in [0.5, 0.6) is 5.75 Å². The van der Waals surface area contributed by atoms with Crippen molar-refractivity contribution in [3.05, 3.63) is 54.0 Å². The molecule has 0 bridgehead atoms. The van der Waals surface area contributed by atoms with Gasteiger partial charge in [0.05, 0.1) is 17.4 Å².